The largest absolute Gasteiger partial charge is 0.352 e. The lowest BCUT2D eigenvalue weighted by Gasteiger charge is -2.07. The highest BCUT2D eigenvalue weighted by Crippen LogP contribution is 2.33. The summed E-state index contributed by atoms with van der Waals surface area (Å²) in [6.45, 7) is 4.17. The average Bonchev–Trinajstić information content (AvgIpc) is 2.81. The molecule has 1 aliphatic rings. The first-order valence-electron chi connectivity index (χ1n) is 4.63. The number of hydrogen-bond acceptors (Lipinski definition) is 1. The second-order valence-corrected chi connectivity index (χ2v) is 4.50. The molecule has 0 heterocycles. The summed E-state index contributed by atoms with van der Waals surface area (Å²) in [6, 6.07) is 0.467. The molecule has 1 N–H and O–H groups in total. The molecule has 0 aromatic carbocycles. The fourth-order valence-electron chi connectivity index (χ4n) is 1.33. The van der Waals surface area contributed by atoms with Crippen molar-refractivity contribution in [3.05, 3.63) is 0 Å². The van der Waals surface area contributed by atoms with Gasteiger partial charge in [-0.05, 0) is 18.8 Å². The molecule has 2 nitrogen and oxygen atoms in total. The number of nitrogens with one attached hydrogen (secondary N) is 1. The highest BCUT2D eigenvalue weighted by Gasteiger charge is 2.37. The van der Waals surface area contributed by atoms with Crippen molar-refractivity contribution in [2.24, 2.45) is 5.92 Å². The summed E-state index contributed by atoms with van der Waals surface area (Å²) < 4.78 is 0. The monoisotopic (exact) mass is 233 g/mol. The number of amides is 1. The van der Waals surface area contributed by atoms with Crippen molar-refractivity contribution < 1.29 is 4.79 Å². The minimum atomic E-state index is -0.00407. The number of carbonyl (C=O) groups is 1. The standard InChI is InChI=1S/C9H16BrNO/c1-3-6-5-8(6)11-9(12)7(10)4-2/h6-8H,3-5H2,1-2H3,(H,11,12). The minimum Gasteiger partial charge on any atom is -0.352 e. The van der Waals surface area contributed by atoms with Gasteiger partial charge in [0.2, 0.25) is 5.91 Å². The van der Waals surface area contributed by atoms with Gasteiger partial charge in [-0.15, -0.1) is 0 Å². The Hall–Kier alpha value is -0.0500. The third-order valence-corrected chi connectivity index (χ3v) is 3.48. The van der Waals surface area contributed by atoms with Crippen molar-refractivity contribution in [2.75, 3.05) is 0 Å². The third-order valence-electron chi connectivity index (χ3n) is 2.42. The molecular formula is C9H16BrNO. The molecule has 0 aromatic rings. The van der Waals surface area contributed by atoms with Crippen molar-refractivity contribution in [3.63, 3.8) is 0 Å². The lowest BCUT2D eigenvalue weighted by atomic mass is 10.3. The highest BCUT2D eigenvalue weighted by molar-refractivity contribution is 9.10. The van der Waals surface area contributed by atoms with Gasteiger partial charge in [0.05, 0.1) is 4.83 Å². The van der Waals surface area contributed by atoms with E-state index in [1.165, 1.54) is 12.8 Å². The Morgan fingerprint density at radius 1 is 1.67 bits per heavy atom. The molecule has 1 rings (SSSR count). The van der Waals surface area contributed by atoms with Gasteiger partial charge in [-0.3, -0.25) is 4.79 Å². The molecule has 0 radical (unpaired) electrons. The first-order chi connectivity index (χ1) is 5.69. The van der Waals surface area contributed by atoms with Crippen LogP contribution in [0.5, 0.6) is 0 Å². The zero-order valence-electron chi connectivity index (χ0n) is 7.64. The lowest BCUT2D eigenvalue weighted by molar-refractivity contribution is -0.120. The maximum Gasteiger partial charge on any atom is 0.233 e. The molecule has 0 aliphatic heterocycles. The van der Waals surface area contributed by atoms with Crippen LogP contribution in [0, 0.1) is 5.92 Å². The van der Waals surface area contributed by atoms with Gasteiger partial charge in [-0.2, -0.15) is 0 Å². The van der Waals surface area contributed by atoms with Gasteiger partial charge in [0.1, 0.15) is 0 Å². The van der Waals surface area contributed by atoms with E-state index >= 15 is 0 Å². The van der Waals surface area contributed by atoms with E-state index < -0.39 is 0 Å². The van der Waals surface area contributed by atoms with Gasteiger partial charge in [0.15, 0.2) is 0 Å². The van der Waals surface area contributed by atoms with Crippen LogP contribution >= 0.6 is 15.9 Å². The zero-order valence-corrected chi connectivity index (χ0v) is 9.23. The van der Waals surface area contributed by atoms with Gasteiger partial charge < -0.3 is 5.32 Å². The van der Waals surface area contributed by atoms with Crippen LogP contribution in [0.15, 0.2) is 0 Å². The summed E-state index contributed by atoms with van der Waals surface area (Å²) in [4.78, 5) is 11.3. The number of halogens is 1. The third kappa shape index (κ3) is 2.47. The molecule has 3 atom stereocenters. The molecule has 12 heavy (non-hydrogen) atoms. The molecule has 70 valence electrons. The Morgan fingerprint density at radius 3 is 2.75 bits per heavy atom. The zero-order chi connectivity index (χ0) is 9.14. The van der Waals surface area contributed by atoms with Crippen LogP contribution in [0.2, 0.25) is 0 Å². The van der Waals surface area contributed by atoms with Gasteiger partial charge in [0.25, 0.3) is 0 Å². The molecule has 1 saturated carbocycles. The van der Waals surface area contributed by atoms with Crippen molar-refractivity contribution in [1.82, 2.24) is 5.32 Å². The fraction of sp³-hybridized carbons (Fsp3) is 0.889. The van der Waals surface area contributed by atoms with Crippen LogP contribution in [0.3, 0.4) is 0 Å². The topological polar surface area (TPSA) is 29.1 Å². The van der Waals surface area contributed by atoms with E-state index in [1.807, 2.05) is 6.92 Å². The van der Waals surface area contributed by atoms with Gasteiger partial charge in [-0.1, -0.05) is 36.2 Å². The van der Waals surface area contributed by atoms with Gasteiger partial charge in [-0.25, -0.2) is 0 Å². The molecule has 1 aliphatic carbocycles. The minimum absolute atomic E-state index is 0.00407. The second kappa shape index (κ2) is 4.26. The quantitative estimate of drug-likeness (QED) is 0.741. The van der Waals surface area contributed by atoms with E-state index in [0.29, 0.717) is 6.04 Å². The SMILES string of the molecule is CCC(Br)C(=O)NC1CC1CC. The average molecular weight is 234 g/mol. The highest BCUT2D eigenvalue weighted by atomic mass is 79.9. The Morgan fingerprint density at radius 2 is 2.33 bits per heavy atom. The summed E-state index contributed by atoms with van der Waals surface area (Å²) in [7, 11) is 0. The summed E-state index contributed by atoms with van der Waals surface area (Å²) >= 11 is 3.33. The predicted molar refractivity (Wildman–Crippen MR) is 53.3 cm³/mol. The summed E-state index contributed by atoms with van der Waals surface area (Å²) in [5.74, 6) is 0.893. The molecule has 3 unspecified atom stereocenters. The molecule has 0 aromatic heterocycles. The van der Waals surface area contributed by atoms with E-state index in [4.69, 9.17) is 0 Å². The first-order valence-corrected chi connectivity index (χ1v) is 5.55. The van der Waals surface area contributed by atoms with Crippen LogP contribution in [0.25, 0.3) is 0 Å². The molecular weight excluding hydrogens is 218 g/mol. The Balaban J connectivity index is 2.20. The Kier molecular flexibility index (Phi) is 3.56. The van der Waals surface area contributed by atoms with E-state index in [2.05, 4.69) is 28.2 Å². The van der Waals surface area contributed by atoms with Crippen molar-refractivity contribution >= 4 is 21.8 Å². The smallest absolute Gasteiger partial charge is 0.233 e. The van der Waals surface area contributed by atoms with Crippen LogP contribution in [-0.2, 0) is 4.79 Å². The number of rotatable bonds is 4. The molecule has 1 amide bonds. The second-order valence-electron chi connectivity index (χ2n) is 3.39. The number of carbonyl (C=O) groups excluding carboxylic acids is 1. The summed E-state index contributed by atoms with van der Waals surface area (Å²) in [5, 5.41) is 3.02. The summed E-state index contributed by atoms with van der Waals surface area (Å²) in [6.07, 6.45) is 3.21. The molecule has 1 fully saturated rings. The van der Waals surface area contributed by atoms with Crippen molar-refractivity contribution in [1.29, 1.82) is 0 Å². The number of alkyl halides is 1. The van der Waals surface area contributed by atoms with Gasteiger partial charge >= 0.3 is 0 Å². The van der Waals surface area contributed by atoms with Crippen molar-refractivity contribution in [2.45, 2.75) is 44.0 Å². The van der Waals surface area contributed by atoms with E-state index in [-0.39, 0.29) is 10.7 Å². The lowest BCUT2D eigenvalue weighted by Crippen LogP contribution is -2.33. The maximum absolute atomic E-state index is 11.3. The van der Waals surface area contributed by atoms with Gasteiger partial charge in [0, 0.05) is 6.04 Å². The van der Waals surface area contributed by atoms with E-state index in [1.54, 1.807) is 0 Å². The molecule has 0 saturated heterocycles. The van der Waals surface area contributed by atoms with Crippen LogP contribution in [0.1, 0.15) is 33.1 Å². The summed E-state index contributed by atoms with van der Waals surface area (Å²) in [5.41, 5.74) is 0. The maximum atomic E-state index is 11.3. The first kappa shape index (κ1) is 10.0. The number of hydrogen-bond donors (Lipinski definition) is 1. The Bertz CT molecular complexity index is 172. The Labute approximate surface area is 82.2 Å². The van der Waals surface area contributed by atoms with Crippen LogP contribution in [-0.4, -0.2) is 16.8 Å². The van der Waals surface area contributed by atoms with E-state index in [0.717, 1.165) is 12.3 Å². The normalized spacial score (nSPS) is 29.6. The predicted octanol–water partition coefficient (Wildman–Crippen LogP) is 2.07. The van der Waals surface area contributed by atoms with Crippen LogP contribution in [0.4, 0.5) is 0 Å². The molecule has 3 heteroatoms. The fourth-order valence-corrected chi connectivity index (χ4v) is 1.47. The molecule has 0 bridgehead atoms. The molecule has 0 spiro atoms. The van der Waals surface area contributed by atoms with E-state index in [9.17, 15) is 4.79 Å². The van der Waals surface area contributed by atoms with Crippen LogP contribution < -0.4 is 5.32 Å². The van der Waals surface area contributed by atoms with Crippen molar-refractivity contribution in [3.8, 4) is 0 Å².